The summed E-state index contributed by atoms with van der Waals surface area (Å²) in [6.07, 6.45) is 3.94. The molecule has 6 heteroatoms. The normalized spacial score (nSPS) is 22.5. The van der Waals surface area contributed by atoms with Crippen molar-refractivity contribution < 1.29 is 9.21 Å². The fourth-order valence-electron chi connectivity index (χ4n) is 4.65. The molecule has 0 saturated carbocycles. The van der Waals surface area contributed by atoms with E-state index in [0.717, 1.165) is 63.0 Å². The summed E-state index contributed by atoms with van der Waals surface area (Å²) in [7, 11) is 0. The van der Waals surface area contributed by atoms with Gasteiger partial charge in [0.2, 0.25) is 5.91 Å². The highest BCUT2D eigenvalue weighted by Gasteiger charge is 2.34. The predicted molar refractivity (Wildman–Crippen MR) is 117 cm³/mol. The molecule has 3 heterocycles. The molecule has 30 heavy (non-hydrogen) atoms. The molecule has 0 spiro atoms. The number of nitrogens with zero attached hydrogens (tertiary/aromatic N) is 3. The molecule has 2 fully saturated rings. The first-order chi connectivity index (χ1) is 14.8. The number of aromatic nitrogens is 1. The van der Waals surface area contributed by atoms with E-state index < -0.39 is 0 Å². The second-order valence-corrected chi connectivity index (χ2v) is 8.38. The lowest BCUT2D eigenvalue weighted by Crippen LogP contribution is -2.52. The van der Waals surface area contributed by atoms with Gasteiger partial charge in [0.05, 0.1) is 0 Å². The van der Waals surface area contributed by atoms with Crippen molar-refractivity contribution in [3.8, 4) is 0 Å². The Balaban J connectivity index is 1.23. The van der Waals surface area contributed by atoms with Crippen molar-refractivity contribution in [1.82, 2.24) is 15.2 Å². The Morgan fingerprint density at radius 2 is 1.87 bits per heavy atom. The van der Waals surface area contributed by atoms with Crippen LogP contribution in [0.4, 0.5) is 6.01 Å². The van der Waals surface area contributed by atoms with Crippen molar-refractivity contribution in [3.63, 3.8) is 0 Å². The summed E-state index contributed by atoms with van der Waals surface area (Å²) in [6.45, 7) is 3.65. The number of carbonyl (C=O) groups excluding carboxylic acids is 1. The lowest BCUT2D eigenvalue weighted by atomic mass is 10.0. The second-order valence-electron chi connectivity index (χ2n) is 8.38. The molecule has 3 aromatic rings. The molecule has 6 nitrogen and oxygen atoms in total. The summed E-state index contributed by atoms with van der Waals surface area (Å²) in [5, 5.41) is 3.31. The molecule has 1 aromatic heterocycles. The number of fused-ring (bicyclic) bond motifs is 1. The van der Waals surface area contributed by atoms with Crippen molar-refractivity contribution in [2.24, 2.45) is 0 Å². The van der Waals surface area contributed by atoms with E-state index >= 15 is 0 Å². The highest BCUT2D eigenvalue weighted by molar-refractivity contribution is 5.85. The Morgan fingerprint density at radius 3 is 2.73 bits per heavy atom. The van der Waals surface area contributed by atoms with E-state index in [0.29, 0.717) is 6.01 Å². The topological polar surface area (TPSA) is 61.6 Å². The number of hydrogen-bond acceptors (Lipinski definition) is 5. The summed E-state index contributed by atoms with van der Waals surface area (Å²) in [4.78, 5) is 22.3. The van der Waals surface area contributed by atoms with Crippen LogP contribution < -0.4 is 10.2 Å². The van der Waals surface area contributed by atoms with Crippen molar-refractivity contribution in [3.05, 3.63) is 60.2 Å². The third-order valence-corrected chi connectivity index (χ3v) is 6.20. The van der Waals surface area contributed by atoms with Crippen molar-refractivity contribution in [2.75, 3.05) is 24.5 Å². The molecule has 1 N–H and O–H groups in total. The van der Waals surface area contributed by atoms with Gasteiger partial charge in [0.1, 0.15) is 11.6 Å². The number of oxazole rings is 1. The highest BCUT2D eigenvalue weighted by atomic mass is 16.4. The zero-order chi connectivity index (χ0) is 20.3. The fraction of sp³-hybridized carbons (Fsp3) is 0.417. The monoisotopic (exact) mass is 404 g/mol. The molecule has 2 aromatic carbocycles. The third kappa shape index (κ3) is 4.05. The Bertz CT molecular complexity index is 970. The van der Waals surface area contributed by atoms with Gasteiger partial charge in [-0.25, -0.2) is 0 Å². The van der Waals surface area contributed by atoms with E-state index in [1.165, 1.54) is 5.56 Å². The first-order valence-electron chi connectivity index (χ1n) is 10.9. The summed E-state index contributed by atoms with van der Waals surface area (Å²) in [5.41, 5.74) is 2.92. The Labute approximate surface area is 176 Å². The lowest BCUT2D eigenvalue weighted by Gasteiger charge is -2.34. The van der Waals surface area contributed by atoms with Crippen LogP contribution in [-0.4, -0.2) is 47.5 Å². The Hall–Kier alpha value is -2.86. The molecule has 0 aliphatic carbocycles. The summed E-state index contributed by atoms with van der Waals surface area (Å²) in [6, 6.07) is 18.8. The molecule has 2 aliphatic rings. The zero-order valence-electron chi connectivity index (χ0n) is 17.2. The minimum atomic E-state index is -0.213. The lowest BCUT2D eigenvalue weighted by molar-refractivity contribution is -0.123. The molecular weight excluding hydrogens is 376 g/mol. The van der Waals surface area contributed by atoms with Gasteiger partial charge in [-0.15, -0.1) is 0 Å². The van der Waals surface area contributed by atoms with Gasteiger partial charge < -0.3 is 14.6 Å². The van der Waals surface area contributed by atoms with Crippen LogP contribution in [0.2, 0.25) is 0 Å². The second kappa shape index (κ2) is 8.48. The Morgan fingerprint density at radius 1 is 1.03 bits per heavy atom. The average Bonchev–Trinajstić information content (AvgIpc) is 3.41. The number of hydrogen-bond donors (Lipinski definition) is 1. The molecule has 5 rings (SSSR count). The molecule has 2 saturated heterocycles. The molecule has 0 radical (unpaired) electrons. The van der Waals surface area contributed by atoms with E-state index in [9.17, 15) is 4.79 Å². The van der Waals surface area contributed by atoms with Crippen LogP contribution in [0.3, 0.4) is 0 Å². The maximum absolute atomic E-state index is 13.2. The Kier molecular flexibility index (Phi) is 5.41. The van der Waals surface area contributed by atoms with E-state index in [2.05, 4.69) is 44.4 Å². The van der Waals surface area contributed by atoms with Gasteiger partial charge in [0.15, 0.2) is 5.58 Å². The molecule has 2 atom stereocenters. The first kappa shape index (κ1) is 19.1. The van der Waals surface area contributed by atoms with Gasteiger partial charge in [-0.1, -0.05) is 42.5 Å². The molecule has 2 aliphatic heterocycles. The highest BCUT2D eigenvalue weighted by Crippen LogP contribution is 2.28. The number of para-hydroxylation sites is 2. The number of carbonyl (C=O) groups is 1. The van der Waals surface area contributed by atoms with Crippen LogP contribution in [0.25, 0.3) is 11.1 Å². The maximum Gasteiger partial charge on any atom is 0.299 e. The smallest absolute Gasteiger partial charge is 0.299 e. The number of amides is 1. The van der Waals surface area contributed by atoms with Crippen LogP contribution >= 0.6 is 0 Å². The molecule has 1 amide bonds. The number of nitrogens with one attached hydrogen (secondary N) is 1. The summed E-state index contributed by atoms with van der Waals surface area (Å²) in [5.74, 6) is 0.100. The van der Waals surface area contributed by atoms with Crippen LogP contribution in [-0.2, 0) is 11.3 Å². The van der Waals surface area contributed by atoms with Crippen LogP contribution in [0.1, 0.15) is 31.2 Å². The number of piperidine rings is 1. The van der Waals surface area contributed by atoms with E-state index in [1.807, 2.05) is 30.3 Å². The number of benzene rings is 2. The van der Waals surface area contributed by atoms with Crippen LogP contribution in [0.15, 0.2) is 59.0 Å². The van der Waals surface area contributed by atoms with Gasteiger partial charge >= 0.3 is 0 Å². The maximum atomic E-state index is 13.2. The van der Waals surface area contributed by atoms with Gasteiger partial charge in [-0.2, -0.15) is 4.98 Å². The largest absolute Gasteiger partial charge is 0.423 e. The number of rotatable bonds is 5. The van der Waals surface area contributed by atoms with E-state index in [1.54, 1.807) is 0 Å². The first-order valence-corrected chi connectivity index (χ1v) is 10.9. The third-order valence-electron chi connectivity index (χ3n) is 6.20. The molecule has 156 valence electrons. The molecular formula is C24H28N4O2. The standard InChI is InChI=1S/C24H28N4O2/c29-23(25-19-13-15-27(17-19)16-18-8-2-1-3-9-18)21-11-6-7-14-28(21)24-26-20-10-4-5-12-22(20)30-24/h1-5,8-10,12,19,21H,6-7,11,13-17H2,(H,25,29)/t19-,21?/m0/s1. The van der Waals surface area contributed by atoms with Gasteiger partial charge in [-0.3, -0.25) is 9.69 Å². The predicted octanol–water partition coefficient (Wildman–Crippen LogP) is 3.58. The summed E-state index contributed by atoms with van der Waals surface area (Å²) < 4.78 is 5.97. The van der Waals surface area contributed by atoms with Gasteiger partial charge in [-0.05, 0) is 43.4 Å². The SMILES string of the molecule is O=C(N[C@H]1CCN(Cc2ccccc2)C1)C1CCCCN1c1nc2ccccc2o1. The van der Waals surface area contributed by atoms with Crippen molar-refractivity contribution in [2.45, 2.75) is 44.3 Å². The van der Waals surface area contributed by atoms with E-state index in [4.69, 9.17) is 4.42 Å². The quantitative estimate of drug-likeness (QED) is 0.704. The fourth-order valence-corrected chi connectivity index (χ4v) is 4.65. The molecule has 1 unspecified atom stereocenters. The zero-order valence-corrected chi connectivity index (χ0v) is 17.2. The number of likely N-dealkylation sites (tertiary alicyclic amines) is 1. The minimum absolute atomic E-state index is 0.100. The van der Waals surface area contributed by atoms with Crippen molar-refractivity contribution in [1.29, 1.82) is 0 Å². The van der Waals surface area contributed by atoms with Crippen LogP contribution in [0.5, 0.6) is 0 Å². The van der Waals surface area contributed by atoms with Crippen molar-refractivity contribution >= 4 is 23.0 Å². The van der Waals surface area contributed by atoms with Gasteiger partial charge in [0, 0.05) is 32.2 Å². The summed E-state index contributed by atoms with van der Waals surface area (Å²) >= 11 is 0. The van der Waals surface area contributed by atoms with E-state index in [-0.39, 0.29) is 18.0 Å². The number of anilines is 1. The average molecular weight is 405 g/mol. The minimum Gasteiger partial charge on any atom is -0.423 e. The molecule has 0 bridgehead atoms. The van der Waals surface area contributed by atoms with Crippen LogP contribution in [0, 0.1) is 0 Å². The van der Waals surface area contributed by atoms with Gasteiger partial charge in [0.25, 0.3) is 6.01 Å².